The number of hydrogen-bond donors (Lipinski definition) is 1. The van der Waals surface area contributed by atoms with Gasteiger partial charge in [-0.2, -0.15) is 10.4 Å². The number of fused-ring (bicyclic) bond motifs is 2. The summed E-state index contributed by atoms with van der Waals surface area (Å²) >= 11 is 0. The molecule has 4 aromatic rings. The molecule has 7 rings (SSSR count). The quantitative estimate of drug-likeness (QED) is 0.305. The van der Waals surface area contributed by atoms with Gasteiger partial charge in [-0.05, 0) is 62.2 Å². The fourth-order valence-corrected chi connectivity index (χ4v) is 6.49. The number of nitriles is 1. The normalized spacial score (nSPS) is 20.3. The smallest absolute Gasteiger partial charge is 0.310 e. The van der Waals surface area contributed by atoms with Gasteiger partial charge in [0.05, 0.1) is 36.3 Å². The third kappa shape index (κ3) is 5.58. The number of ether oxygens (including phenoxy) is 2. The van der Waals surface area contributed by atoms with E-state index < -0.39 is 11.9 Å². The molecule has 2 atom stereocenters. The van der Waals surface area contributed by atoms with Crippen molar-refractivity contribution in [3.63, 3.8) is 0 Å². The summed E-state index contributed by atoms with van der Waals surface area (Å²) in [6, 6.07) is 14.0. The Morgan fingerprint density at radius 1 is 1.18 bits per heavy atom. The number of hydrogen-bond acceptors (Lipinski definition) is 8. The zero-order valence-corrected chi connectivity index (χ0v) is 24.7. The van der Waals surface area contributed by atoms with Crippen LogP contribution in [0.3, 0.4) is 0 Å². The number of imidazole rings is 1. The van der Waals surface area contributed by atoms with Crippen molar-refractivity contribution in [3.8, 4) is 11.9 Å². The van der Waals surface area contributed by atoms with Gasteiger partial charge in [0.2, 0.25) is 5.88 Å². The Kier molecular flexibility index (Phi) is 7.62. The van der Waals surface area contributed by atoms with E-state index in [-0.39, 0.29) is 6.10 Å². The van der Waals surface area contributed by atoms with Gasteiger partial charge in [0, 0.05) is 48.8 Å². The first kappa shape index (κ1) is 28.3. The summed E-state index contributed by atoms with van der Waals surface area (Å²) < 4.78 is 15.8. The van der Waals surface area contributed by atoms with Gasteiger partial charge >= 0.3 is 5.97 Å². The lowest BCUT2D eigenvalue weighted by molar-refractivity contribution is -0.140. The summed E-state index contributed by atoms with van der Waals surface area (Å²) in [5.41, 5.74) is 5.26. The molecule has 3 aliphatic rings. The van der Waals surface area contributed by atoms with Crippen LogP contribution in [-0.4, -0.2) is 66.1 Å². The second kappa shape index (κ2) is 11.9. The van der Waals surface area contributed by atoms with Crippen molar-refractivity contribution in [2.24, 2.45) is 13.0 Å². The third-order valence-electron chi connectivity index (χ3n) is 9.10. The largest absolute Gasteiger partial charge is 0.481 e. The third-order valence-corrected chi connectivity index (χ3v) is 9.10. The van der Waals surface area contributed by atoms with Crippen LogP contribution in [0.1, 0.15) is 59.3 Å². The fourth-order valence-electron chi connectivity index (χ4n) is 6.49. The molecule has 226 valence electrons. The molecule has 1 unspecified atom stereocenters. The highest BCUT2D eigenvalue weighted by molar-refractivity contribution is 5.84. The Morgan fingerprint density at radius 3 is 2.77 bits per heavy atom. The maximum Gasteiger partial charge on any atom is 0.310 e. The number of carbonyl (C=O) groups is 1. The van der Waals surface area contributed by atoms with Gasteiger partial charge in [-0.15, -0.1) is 0 Å². The summed E-state index contributed by atoms with van der Waals surface area (Å²) in [6.45, 7) is 4.47. The Morgan fingerprint density at radius 2 is 2.02 bits per heavy atom. The molecule has 5 heterocycles. The predicted octanol–water partition coefficient (Wildman–Crippen LogP) is 4.05. The molecule has 11 heteroatoms. The van der Waals surface area contributed by atoms with Crippen molar-refractivity contribution in [1.29, 1.82) is 5.26 Å². The number of rotatable bonds is 9. The molecule has 2 aliphatic heterocycles. The number of benzene rings is 1. The van der Waals surface area contributed by atoms with Gasteiger partial charge in [0.25, 0.3) is 0 Å². The van der Waals surface area contributed by atoms with E-state index >= 15 is 0 Å². The van der Waals surface area contributed by atoms with Crippen molar-refractivity contribution in [1.82, 2.24) is 29.2 Å². The molecule has 2 fully saturated rings. The SMILES string of the molecule is Cn1nc(C#N)c2ccc(COc3cccc(C4CCN(Cc5nc6c(n5C[C@@H]5CCO5)CC(C(=O)O)C=C6)CC4)n3)cc21. The molecule has 0 radical (unpaired) electrons. The van der Waals surface area contributed by atoms with Gasteiger partial charge in [0.1, 0.15) is 18.5 Å². The maximum absolute atomic E-state index is 11.7. The van der Waals surface area contributed by atoms with Crippen molar-refractivity contribution in [2.75, 3.05) is 19.7 Å². The molecular formula is C33H35N7O4. The molecule has 0 saturated carbocycles. The Labute approximate surface area is 255 Å². The van der Waals surface area contributed by atoms with E-state index in [1.807, 2.05) is 43.5 Å². The number of likely N-dealkylation sites (tertiary alicyclic amines) is 1. The molecular weight excluding hydrogens is 558 g/mol. The number of pyridine rings is 1. The van der Waals surface area contributed by atoms with Crippen LogP contribution in [0.2, 0.25) is 0 Å². The van der Waals surface area contributed by atoms with Crippen molar-refractivity contribution in [2.45, 2.75) is 57.4 Å². The van der Waals surface area contributed by atoms with E-state index in [1.165, 1.54) is 0 Å². The van der Waals surface area contributed by atoms with Gasteiger partial charge in [0.15, 0.2) is 5.69 Å². The molecule has 44 heavy (non-hydrogen) atoms. The number of aromatic nitrogens is 5. The first-order valence-electron chi connectivity index (χ1n) is 15.2. The Balaban J connectivity index is 0.983. The van der Waals surface area contributed by atoms with Gasteiger partial charge in [-0.1, -0.05) is 18.2 Å². The average molecular weight is 594 g/mol. The van der Waals surface area contributed by atoms with Crippen LogP contribution < -0.4 is 4.74 Å². The second-order valence-electron chi connectivity index (χ2n) is 11.9. The molecule has 0 bridgehead atoms. The highest BCUT2D eigenvalue weighted by Gasteiger charge is 2.30. The van der Waals surface area contributed by atoms with E-state index in [0.717, 1.165) is 91.4 Å². The van der Waals surface area contributed by atoms with Crippen LogP contribution in [0.15, 0.2) is 42.5 Å². The molecule has 1 aromatic carbocycles. The molecule has 11 nitrogen and oxygen atoms in total. The number of piperidine rings is 1. The monoisotopic (exact) mass is 593 g/mol. The number of aliphatic carboxylic acids is 1. The van der Waals surface area contributed by atoms with E-state index in [2.05, 4.69) is 26.7 Å². The Hall–Kier alpha value is -4.53. The van der Waals surface area contributed by atoms with Crippen molar-refractivity contribution >= 4 is 22.9 Å². The van der Waals surface area contributed by atoms with E-state index in [0.29, 0.717) is 30.5 Å². The first-order chi connectivity index (χ1) is 21.4. The summed E-state index contributed by atoms with van der Waals surface area (Å²) in [7, 11) is 1.84. The minimum Gasteiger partial charge on any atom is -0.481 e. The minimum atomic E-state index is -0.799. The van der Waals surface area contributed by atoms with E-state index in [4.69, 9.17) is 19.4 Å². The van der Waals surface area contributed by atoms with Crippen molar-refractivity contribution in [3.05, 3.63) is 76.6 Å². The van der Waals surface area contributed by atoms with E-state index in [9.17, 15) is 15.2 Å². The molecule has 1 aliphatic carbocycles. The molecule has 1 N–H and O–H groups in total. The van der Waals surface area contributed by atoms with Crippen LogP contribution in [-0.2, 0) is 42.7 Å². The summed E-state index contributed by atoms with van der Waals surface area (Å²) in [4.78, 5) is 23.9. The van der Waals surface area contributed by atoms with Gasteiger partial charge < -0.3 is 19.1 Å². The Bertz CT molecular complexity index is 1770. The molecule has 0 amide bonds. The summed E-state index contributed by atoms with van der Waals surface area (Å²) in [6.07, 6.45) is 7.26. The van der Waals surface area contributed by atoms with Crippen LogP contribution in [0.25, 0.3) is 17.0 Å². The maximum atomic E-state index is 11.7. The standard InChI is InChI=1S/C33H35N7O4/c1-38-29-15-21(5-7-25(29)28(17-34)37-38)20-44-32-4-2-3-26(36-32)22-9-12-39(13-10-22)19-31-35-27-8-6-23(33(41)42)16-30(27)40(31)18-24-11-14-43-24/h2-8,15,22-24H,9-14,16,18-20H2,1H3,(H,41,42)/t23?,24-/m0/s1. The number of aryl methyl sites for hydroxylation is 1. The topological polar surface area (TPSA) is 131 Å². The zero-order valence-electron chi connectivity index (χ0n) is 24.7. The van der Waals surface area contributed by atoms with Crippen LogP contribution in [0, 0.1) is 17.2 Å². The molecule has 3 aromatic heterocycles. The van der Waals surface area contributed by atoms with Crippen LogP contribution in [0.5, 0.6) is 5.88 Å². The number of carboxylic acid groups (broad SMARTS) is 1. The van der Waals surface area contributed by atoms with Crippen LogP contribution >= 0.6 is 0 Å². The summed E-state index contributed by atoms with van der Waals surface area (Å²) in [5, 5.41) is 24.0. The highest BCUT2D eigenvalue weighted by Crippen LogP contribution is 2.31. The molecule has 2 saturated heterocycles. The van der Waals surface area contributed by atoms with Crippen molar-refractivity contribution < 1.29 is 19.4 Å². The lowest BCUT2D eigenvalue weighted by Crippen LogP contribution is -2.36. The lowest BCUT2D eigenvalue weighted by Gasteiger charge is -2.32. The summed E-state index contributed by atoms with van der Waals surface area (Å²) in [5.74, 6) is 0.624. The van der Waals surface area contributed by atoms with E-state index in [1.54, 1.807) is 10.8 Å². The molecule has 0 spiro atoms. The number of nitrogens with zero attached hydrogens (tertiary/aromatic N) is 7. The fraction of sp³-hybridized carbons (Fsp3) is 0.424. The average Bonchev–Trinajstić information content (AvgIpc) is 3.53. The second-order valence-corrected chi connectivity index (χ2v) is 11.9. The predicted molar refractivity (Wildman–Crippen MR) is 162 cm³/mol. The highest BCUT2D eigenvalue weighted by atomic mass is 16.5. The zero-order chi connectivity index (χ0) is 30.2. The van der Waals surface area contributed by atoms with Gasteiger partial charge in [-0.25, -0.2) is 9.97 Å². The minimum absolute atomic E-state index is 0.169. The van der Waals surface area contributed by atoms with Crippen LogP contribution in [0.4, 0.5) is 0 Å². The number of carboxylic acids is 1. The van der Waals surface area contributed by atoms with Gasteiger partial charge in [-0.3, -0.25) is 14.4 Å². The first-order valence-corrected chi connectivity index (χ1v) is 15.2. The lowest BCUT2D eigenvalue weighted by atomic mass is 9.93.